The molecule has 0 radical (unpaired) electrons. The topological polar surface area (TPSA) is 68.3 Å². The Bertz CT molecular complexity index is 895. The number of fused-ring (bicyclic) bond motifs is 1. The number of benzene rings is 2. The van der Waals surface area contributed by atoms with Crippen LogP contribution >= 0.6 is 23.1 Å². The van der Waals surface area contributed by atoms with Crippen molar-refractivity contribution in [2.75, 3.05) is 12.4 Å². The Morgan fingerprint density at radius 2 is 1.89 bits per heavy atom. The first-order valence-corrected chi connectivity index (χ1v) is 11.0. The van der Waals surface area contributed by atoms with Gasteiger partial charge in [-0.2, -0.15) is 0 Å². The summed E-state index contributed by atoms with van der Waals surface area (Å²) in [7, 11) is 0. The zero-order valence-electron chi connectivity index (χ0n) is 15.6. The van der Waals surface area contributed by atoms with Gasteiger partial charge in [0.25, 0.3) is 0 Å². The lowest BCUT2D eigenvalue weighted by Crippen LogP contribution is -2.44. The SMILES string of the molecule is CCOC(=O)C(Cc1ccccc1)NC(=O)CSCc1nc2ccccc2s1. The third-order valence-corrected chi connectivity index (χ3v) is 6.15. The van der Waals surface area contributed by atoms with E-state index < -0.39 is 12.0 Å². The average Bonchev–Trinajstić information content (AvgIpc) is 3.11. The summed E-state index contributed by atoms with van der Waals surface area (Å²) in [4.78, 5) is 29.2. The Kier molecular flexibility index (Phi) is 7.45. The van der Waals surface area contributed by atoms with Crippen molar-refractivity contribution in [2.45, 2.75) is 25.1 Å². The molecule has 7 heteroatoms. The van der Waals surface area contributed by atoms with Crippen LogP contribution in [0.5, 0.6) is 0 Å². The number of carbonyl (C=O) groups excluding carboxylic acids is 2. The number of para-hydroxylation sites is 1. The molecule has 2 aromatic carbocycles. The maximum Gasteiger partial charge on any atom is 0.328 e. The molecule has 28 heavy (non-hydrogen) atoms. The standard InChI is InChI=1S/C21H22N2O3S2/c1-2-26-21(25)17(12-15-8-4-3-5-9-15)22-19(24)13-27-14-20-23-16-10-6-7-11-18(16)28-20/h3-11,17H,2,12-14H2,1H3,(H,22,24). The molecule has 1 aromatic heterocycles. The molecule has 146 valence electrons. The molecule has 0 saturated heterocycles. The molecular formula is C21H22N2O3S2. The van der Waals surface area contributed by atoms with Gasteiger partial charge in [-0.15, -0.1) is 23.1 Å². The smallest absolute Gasteiger partial charge is 0.328 e. The van der Waals surface area contributed by atoms with Crippen molar-refractivity contribution in [1.29, 1.82) is 0 Å². The molecule has 1 N–H and O–H groups in total. The maximum atomic E-state index is 12.4. The van der Waals surface area contributed by atoms with Crippen molar-refractivity contribution in [3.63, 3.8) is 0 Å². The first-order valence-electron chi connectivity index (χ1n) is 9.08. The second-order valence-electron chi connectivity index (χ2n) is 6.13. The zero-order valence-corrected chi connectivity index (χ0v) is 17.2. The predicted molar refractivity (Wildman–Crippen MR) is 114 cm³/mol. The van der Waals surface area contributed by atoms with Crippen molar-refractivity contribution in [1.82, 2.24) is 10.3 Å². The van der Waals surface area contributed by atoms with Gasteiger partial charge in [0.1, 0.15) is 11.0 Å². The Hall–Kier alpha value is -2.38. The van der Waals surface area contributed by atoms with Gasteiger partial charge in [-0.25, -0.2) is 9.78 Å². The largest absolute Gasteiger partial charge is 0.464 e. The molecule has 1 atom stereocenters. The number of rotatable bonds is 9. The number of ether oxygens (including phenoxy) is 1. The van der Waals surface area contributed by atoms with Crippen molar-refractivity contribution in [3.8, 4) is 0 Å². The third kappa shape index (κ3) is 5.81. The van der Waals surface area contributed by atoms with Gasteiger partial charge in [0.2, 0.25) is 5.91 Å². The number of thioether (sulfide) groups is 1. The molecule has 0 spiro atoms. The summed E-state index contributed by atoms with van der Waals surface area (Å²) < 4.78 is 6.26. The van der Waals surface area contributed by atoms with Crippen LogP contribution in [0.2, 0.25) is 0 Å². The minimum Gasteiger partial charge on any atom is -0.464 e. The van der Waals surface area contributed by atoms with E-state index in [4.69, 9.17) is 4.74 Å². The number of esters is 1. The molecule has 3 rings (SSSR count). The van der Waals surface area contributed by atoms with Gasteiger partial charge in [-0.05, 0) is 24.6 Å². The van der Waals surface area contributed by atoms with E-state index in [0.29, 0.717) is 12.2 Å². The van der Waals surface area contributed by atoms with E-state index in [-0.39, 0.29) is 18.3 Å². The highest BCUT2D eigenvalue weighted by Gasteiger charge is 2.22. The van der Waals surface area contributed by atoms with Crippen LogP contribution in [0.3, 0.4) is 0 Å². The number of thiazole rings is 1. The number of nitrogens with zero attached hydrogens (tertiary/aromatic N) is 1. The Labute approximate surface area is 172 Å². The maximum absolute atomic E-state index is 12.4. The number of amides is 1. The summed E-state index contributed by atoms with van der Waals surface area (Å²) in [5.41, 5.74) is 1.96. The molecule has 5 nitrogen and oxygen atoms in total. The first-order chi connectivity index (χ1) is 13.7. The fraction of sp³-hybridized carbons (Fsp3) is 0.286. The molecule has 0 aliphatic rings. The highest BCUT2D eigenvalue weighted by Crippen LogP contribution is 2.24. The molecule has 0 fully saturated rings. The number of carbonyl (C=O) groups is 2. The number of nitrogens with one attached hydrogen (secondary N) is 1. The second kappa shape index (κ2) is 10.2. The second-order valence-corrected chi connectivity index (χ2v) is 8.23. The Morgan fingerprint density at radius 1 is 1.14 bits per heavy atom. The van der Waals surface area contributed by atoms with Gasteiger partial charge in [-0.1, -0.05) is 42.5 Å². The van der Waals surface area contributed by atoms with E-state index in [1.165, 1.54) is 11.8 Å². The normalized spacial score (nSPS) is 11.9. The van der Waals surface area contributed by atoms with Crippen LogP contribution in [0.1, 0.15) is 17.5 Å². The van der Waals surface area contributed by atoms with E-state index >= 15 is 0 Å². The van der Waals surface area contributed by atoms with Gasteiger partial charge >= 0.3 is 5.97 Å². The lowest BCUT2D eigenvalue weighted by atomic mass is 10.1. The summed E-state index contributed by atoms with van der Waals surface area (Å²) in [5, 5.41) is 3.80. The lowest BCUT2D eigenvalue weighted by Gasteiger charge is -2.17. The fourth-order valence-corrected chi connectivity index (χ4v) is 4.59. The Balaban J connectivity index is 1.52. The zero-order chi connectivity index (χ0) is 19.8. The third-order valence-electron chi connectivity index (χ3n) is 3.99. The van der Waals surface area contributed by atoms with Crippen LogP contribution in [0.25, 0.3) is 10.2 Å². The summed E-state index contributed by atoms with van der Waals surface area (Å²) in [6.45, 7) is 2.04. The van der Waals surface area contributed by atoms with Gasteiger partial charge < -0.3 is 10.1 Å². The van der Waals surface area contributed by atoms with E-state index in [2.05, 4.69) is 10.3 Å². The molecule has 1 unspecified atom stereocenters. The number of aromatic nitrogens is 1. The molecular weight excluding hydrogens is 392 g/mol. The van der Waals surface area contributed by atoms with Crippen LogP contribution < -0.4 is 5.32 Å². The van der Waals surface area contributed by atoms with E-state index in [0.717, 1.165) is 20.8 Å². The van der Waals surface area contributed by atoms with Crippen LogP contribution in [-0.4, -0.2) is 35.3 Å². The molecule has 0 bridgehead atoms. The highest BCUT2D eigenvalue weighted by atomic mass is 32.2. The fourth-order valence-electron chi connectivity index (χ4n) is 2.73. The van der Waals surface area contributed by atoms with Crippen LogP contribution in [0, 0.1) is 0 Å². The van der Waals surface area contributed by atoms with Crippen molar-refractivity contribution in [3.05, 3.63) is 65.2 Å². The molecule has 0 aliphatic carbocycles. The summed E-state index contributed by atoms with van der Waals surface area (Å²) >= 11 is 3.13. The monoisotopic (exact) mass is 414 g/mol. The molecule has 1 amide bonds. The number of hydrogen-bond donors (Lipinski definition) is 1. The average molecular weight is 415 g/mol. The summed E-state index contributed by atoms with van der Waals surface area (Å²) in [6.07, 6.45) is 0.411. The summed E-state index contributed by atoms with van der Waals surface area (Å²) in [6, 6.07) is 16.9. The first kappa shape index (κ1) is 20.4. The van der Waals surface area contributed by atoms with Crippen LogP contribution in [0.4, 0.5) is 0 Å². The quantitative estimate of drug-likeness (QED) is 0.539. The molecule has 0 aliphatic heterocycles. The van der Waals surface area contributed by atoms with E-state index in [9.17, 15) is 9.59 Å². The van der Waals surface area contributed by atoms with Gasteiger partial charge in [0.15, 0.2) is 0 Å². The van der Waals surface area contributed by atoms with Gasteiger partial charge in [0.05, 0.1) is 22.6 Å². The number of hydrogen-bond acceptors (Lipinski definition) is 6. The van der Waals surface area contributed by atoms with Crippen LogP contribution in [-0.2, 0) is 26.5 Å². The lowest BCUT2D eigenvalue weighted by molar-refractivity contribution is -0.147. The predicted octanol–water partition coefficient (Wildman–Crippen LogP) is 3.82. The minimum absolute atomic E-state index is 0.180. The van der Waals surface area contributed by atoms with Crippen molar-refractivity contribution >= 4 is 45.2 Å². The molecule has 0 saturated carbocycles. The van der Waals surface area contributed by atoms with Crippen LogP contribution in [0.15, 0.2) is 54.6 Å². The molecule has 3 aromatic rings. The minimum atomic E-state index is -0.682. The highest BCUT2D eigenvalue weighted by molar-refractivity contribution is 7.99. The van der Waals surface area contributed by atoms with Crippen molar-refractivity contribution in [2.24, 2.45) is 0 Å². The molecule has 1 heterocycles. The van der Waals surface area contributed by atoms with Gasteiger partial charge in [0, 0.05) is 12.2 Å². The Morgan fingerprint density at radius 3 is 2.64 bits per heavy atom. The van der Waals surface area contributed by atoms with Gasteiger partial charge in [-0.3, -0.25) is 4.79 Å². The van der Waals surface area contributed by atoms with Crippen molar-refractivity contribution < 1.29 is 14.3 Å². The summed E-state index contributed by atoms with van der Waals surface area (Å²) in [5.74, 6) is 0.340. The van der Waals surface area contributed by atoms with E-state index in [1.54, 1.807) is 18.3 Å². The van der Waals surface area contributed by atoms with E-state index in [1.807, 2.05) is 54.6 Å².